The molecular formula is C23H25ClFN5O3S. The fourth-order valence-corrected chi connectivity index (χ4v) is 4.63. The van der Waals surface area contributed by atoms with Crippen LogP contribution in [0.4, 0.5) is 10.1 Å². The van der Waals surface area contributed by atoms with Gasteiger partial charge in [0, 0.05) is 24.8 Å². The summed E-state index contributed by atoms with van der Waals surface area (Å²) < 4.78 is 38.4. The molecule has 180 valence electrons. The van der Waals surface area contributed by atoms with Gasteiger partial charge in [0.25, 0.3) is 5.91 Å². The molecule has 11 heteroatoms. The number of sulfone groups is 1. The molecule has 4 rings (SSSR count). The Morgan fingerprint density at radius 1 is 1.32 bits per heavy atom. The number of nitrogens with zero attached hydrogens (tertiary/aromatic N) is 3. The molecule has 0 radical (unpaired) electrons. The average molecular weight is 506 g/mol. The number of hydrogen-bond donors (Lipinski definition) is 2. The molecule has 2 atom stereocenters. The molecule has 0 aliphatic heterocycles. The van der Waals surface area contributed by atoms with E-state index in [-0.39, 0.29) is 16.8 Å². The van der Waals surface area contributed by atoms with E-state index in [4.69, 9.17) is 11.6 Å². The summed E-state index contributed by atoms with van der Waals surface area (Å²) in [7, 11) is -1.54. The van der Waals surface area contributed by atoms with Crippen molar-refractivity contribution in [3.63, 3.8) is 0 Å². The summed E-state index contributed by atoms with van der Waals surface area (Å²) in [6.07, 6.45) is 7.57. The molecule has 34 heavy (non-hydrogen) atoms. The molecule has 2 aromatic heterocycles. The molecule has 3 aromatic rings. The molecule has 2 N–H and O–H groups in total. The van der Waals surface area contributed by atoms with Gasteiger partial charge in [-0.15, -0.1) is 0 Å². The zero-order chi connectivity index (χ0) is 24.6. The van der Waals surface area contributed by atoms with Crippen LogP contribution in [0, 0.1) is 11.7 Å². The average Bonchev–Trinajstić information content (AvgIpc) is 3.54. The summed E-state index contributed by atoms with van der Waals surface area (Å²) >= 11 is 6.28. The molecule has 1 fully saturated rings. The van der Waals surface area contributed by atoms with Crippen LogP contribution in [-0.4, -0.2) is 41.4 Å². The maximum atomic E-state index is 14.1. The van der Waals surface area contributed by atoms with Crippen LogP contribution in [0.3, 0.4) is 0 Å². The van der Waals surface area contributed by atoms with Gasteiger partial charge in [0.1, 0.15) is 11.5 Å². The zero-order valence-electron chi connectivity index (χ0n) is 18.9. The molecule has 0 spiro atoms. The fourth-order valence-electron chi connectivity index (χ4n) is 3.87. The Morgan fingerprint density at radius 3 is 2.74 bits per heavy atom. The highest BCUT2D eigenvalue weighted by atomic mass is 35.5. The van der Waals surface area contributed by atoms with Crippen LogP contribution in [0.2, 0.25) is 5.02 Å². The zero-order valence-corrected chi connectivity index (χ0v) is 20.5. The lowest BCUT2D eigenvalue weighted by molar-refractivity contribution is 0.0944. The Balaban J connectivity index is 1.65. The third kappa shape index (κ3) is 5.23. The van der Waals surface area contributed by atoms with E-state index in [0.717, 1.165) is 24.5 Å². The lowest BCUT2D eigenvalue weighted by Crippen LogP contribution is -2.32. The highest BCUT2D eigenvalue weighted by molar-refractivity contribution is 7.93. The smallest absolute Gasteiger partial charge is 0.271 e. The van der Waals surface area contributed by atoms with Gasteiger partial charge in [-0.25, -0.2) is 17.8 Å². The van der Waals surface area contributed by atoms with Gasteiger partial charge in [-0.3, -0.25) is 9.48 Å². The predicted octanol–water partition coefficient (Wildman–Crippen LogP) is 4.00. The quantitative estimate of drug-likeness (QED) is 0.479. The van der Waals surface area contributed by atoms with Gasteiger partial charge < -0.3 is 10.6 Å². The minimum Gasteiger partial charge on any atom is -0.375 e. The molecule has 0 bridgehead atoms. The van der Waals surface area contributed by atoms with Crippen LogP contribution >= 0.6 is 11.6 Å². The van der Waals surface area contributed by atoms with Crippen molar-refractivity contribution in [2.45, 2.75) is 31.8 Å². The van der Waals surface area contributed by atoms with Crippen LogP contribution in [0.1, 0.15) is 41.9 Å². The molecule has 0 saturated heterocycles. The summed E-state index contributed by atoms with van der Waals surface area (Å²) in [4.78, 5) is 17.3. The van der Waals surface area contributed by atoms with Crippen molar-refractivity contribution in [3.05, 3.63) is 64.2 Å². The van der Waals surface area contributed by atoms with E-state index in [1.165, 1.54) is 12.1 Å². The number of halogens is 2. The van der Waals surface area contributed by atoms with Crippen LogP contribution in [0.15, 0.2) is 42.1 Å². The van der Waals surface area contributed by atoms with Crippen molar-refractivity contribution < 1.29 is 17.6 Å². The monoisotopic (exact) mass is 505 g/mol. The topological polar surface area (TPSA) is 106 Å². The Hall–Kier alpha value is -2.98. The Labute approximate surface area is 202 Å². The van der Waals surface area contributed by atoms with Gasteiger partial charge in [-0.2, -0.15) is 5.10 Å². The first-order chi connectivity index (χ1) is 16.0. The first-order valence-corrected chi connectivity index (χ1v) is 13.1. The normalized spacial score (nSPS) is 16.0. The second-order valence-electron chi connectivity index (χ2n) is 8.57. The summed E-state index contributed by atoms with van der Waals surface area (Å²) in [5, 5.41) is 12.2. The molecule has 1 saturated carbocycles. The highest BCUT2D eigenvalue weighted by Crippen LogP contribution is 2.45. The van der Waals surface area contributed by atoms with E-state index in [0.29, 0.717) is 28.1 Å². The van der Waals surface area contributed by atoms with E-state index < -0.39 is 27.6 Å². The molecule has 8 nitrogen and oxygen atoms in total. The lowest BCUT2D eigenvalue weighted by Gasteiger charge is -2.22. The maximum absolute atomic E-state index is 14.1. The first kappa shape index (κ1) is 24.2. The van der Waals surface area contributed by atoms with Gasteiger partial charge in [-0.05, 0) is 37.3 Å². The molecular weight excluding hydrogens is 481 g/mol. The van der Waals surface area contributed by atoms with Crippen molar-refractivity contribution in [1.29, 1.82) is 0 Å². The van der Waals surface area contributed by atoms with Crippen LogP contribution in [0.5, 0.6) is 0 Å². The molecule has 1 aromatic carbocycles. The number of aromatic nitrogens is 3. The molecule has 0 unspecified atom stereocenters. The number of aryl methyl sites for hydroxylation is 1. The molecule has 2 heterocycles. The Kier molecular flexibility index (Phi) is 6.64. The number of carbonyl (C=O) groups excluding carboxylic acids is 1. The van der Waals surface area contributed by atoms with E-state index in [1.807, 2.05) is 6.07 Å². The molecule has 1 aliphatic rings. The number of fused-ring (bicyclic) bond motifs is 1. The predicted molar refractivity (Wildman–Crippen MR) is 130 cm³/mol. The van der Waals surface area contributed by atoms with Gasteiger partial charge in [0.15, 0.2) is 9.84 Å². The van der Waals surface area contributed by atoms with E-state index >= 15 is 0 Å². The van der Waals surface area contributed by atoms with Gasteiger partial charge in [0.2, 0.25) is 0 Å². The lowest BCUT2D eigenvalue weighted by atomic mass is 10.0. The van der Waals surface area contributed by atoms with Gasteiger partial charge in [-0.1, -0.05) is 29.8 Å². The molecule has 1 amide bonds. The van der Waals surface area contributed by atoms with E-state index in [9.17, 15) is 17.6 Å². The molecule has 1 aliphatic carbocycles. The number of pyridine rings is 1. The number of rotatable bonds is 8. The maximum Gasteiger partial charge on any atom is 0.271 e. The number of hydrogen-bond acceptors (Lipinski definition) is 6. The third-order valence-electron chi connectivity index (χ3n) is 5.68. The van der Waals surface area contributed by atoms with Crippen LogP contribution in [0.25, 0.3) is 10.9 Å². The van der Waals surface area contributed by atoms with Crippen molar-refractivity contribution in [2.75, 3.05) is 11.6 Å². The Bertz CT molecular complexity index is 1380. The van der Waals surface area contributed by atoms with Crippen molar-refractivity contribution in [2.24, 2.45) is 13.0 Å². The number of anilines is 1. The standard InChI is InChI=1S/C23H25ClFN5O3S/c1-13(9-10-34(3,32)33)28-23(31)21-16-11-27-30(2)22(16)18(12-26-21)29-20(14-7-8-14)15-5-4-6-17(25)19(15)24/h4-6,9-14,20,29H,7-8H2,1-3H3,(H,28,31)/b10-9+/t13-,20+/m1/s1. The fraction of sp³-hybridized carbons (Fsp3) is 0.348. The summed E-state index contributed by atoms with van der Waals surface area (Å²) in [5.74, 6) is -0.628. The van der Waals surface area contributed by atoms with Crippen LogP contribution in [-0.2, 0) is 16.9 Å². The summed E-state index contributed by atoms with van der Waals surface area (Å²) in [6, 6.07) is 4.03. The minimum atomic E-state index is -3.30. The van der Waals surface area contributed by atoms with E-state index in [1.54, 1.807) is 37.1 Å². The minimum absolute atomic E-state index is 0.0910. The number of carbonyl (C=O) groups is 1. The SMILES string of the molecule is C[C@H](/C=C/S(C)(=O)=O)NC(=O)c1ncc(N[C@H](c2cccc(F)c2Cl)C2CC2)c2c1cnn2C. The Morgan fingerprint density at radius 2 is 2.06 bits per heavy atom. The van der Waals surface area contributed by atoms with E-state index in [2.05, 4.69) is 20.7 Å². The number of amides is 1. The second kappa shape index (κ2) is 9.34. The van der Waals surface area contributed by atoms with Crippen molar-refractivity contribution in [3.8, 4) is 0 Å². The van der Waals surface area contributed by atoms with Gasteiger partial charge in [0.05, 0.1) is 40.0 Å². The van der Waals surface area contributed by atoms with Gasteiger partial charge >= 0.3 is 0 Å². The van der Waals surface area contributed by atoms with Crippen molar-refractivity contribution in [1.82, 2.24) is 20.1 Å². The number of nitrogens with one attached hydrogen (secondary N) is 2. The largest absolute Gasteiger partial charge is 0.375 e. The first-order valence-electron chi connectivity index (χ1n) is 10.8. The van der Waals surface area contributed by atoms with Crippen molar-refractivity contribution >= 4 is 43.9 Å². The summed E-state index contributed by atoms with van der Waals surface area (Å²) in [5.41, 5.74) is 2.15. The number of benzene rings is 1. The third-order valence-corrected chi connectivity index (χ3v) is 6.73. The summed E-state index contributed by atoms with van der Waals surface area (Å²) in [6.45, 7) is 1.67. The highest BCUT2D eigenvalue weighted by Gasteiger charge is 2.35. The van der Waals surface area contributed by atoms with Crippen LogP contribution < -0.4 is 10.6 Å². The second-order valence-corrected chi connectivity index (χ2v) is 10.9.